The number of nitrogens with one attached hydrogen (secondary N) is 1. The average Bonchev–Trinajstić information content (AvgIpc) is 2.72. The van der Waals surface area contributed by atoms with Gasteiger partial charge in [0.2, 0.25) is 5.56 Å². The van der Waals surface area contributed by atoms with Crippen LogP contribution >= 0.6 is 11.6 Å². The molecule has 0 fully saturated rings. The summed E-state index contributed by atoms with van der Waals surface area (Å²) in [6, 6.07) is 10.6. The van der Waals surface area contributed by atoms with Gasteiger partial charge in [-0.1, -0.05) is 29.8 Å². The zero-order chi connectivity index (χ0) is 18.0. The molecule has 0 spiro atoms. The molecule has 1 aromatic heterocycles. The van der Waals surface area contributed by atoms with Crippen LogP contribution in [0.1, 0.15) is 30.2 Å². The summed E-state index contributed by atoms with van der Waals surface area (Å²) in [6.45, 7) is 1.85. The molecule has 6 heteroatoms. The van der Waals surface area contributed by atoms with Crippen molar-refractivity contribution >= 4 is 29.2 Å². The van der Waals surface area contributed by atoms with Crippen molar-refractivity contribution in [2.75, 3.05) is 0 Å². The minimum atomic E-state index is -0.728. The Labute approximate surface area is 149 Å². The van der Waals surface area contributed by atoms with Gasteiger partial charge in [0, 0.05) is 28.4 Å². The lowest BCUT2D eigenvalue weighted by atomic mass is 9.90. The van der Waals surface area contributed by atoms with Gasteiger partial charge in [0.1, 0.15) is 0 Å². The van der Waals surface area contributed by atoms with Crippen molar-refractivity contribution in [3.05, 3.63) is 84.6 Å². The molecule has 1 aliphatic rings. The van der Waals surface area contributed by atoms with Crippen molar-refractivity contribution in [1.29, 1.82) is 0 Å². The molecule has 3 rings (SSSR count). The van der Waals surface area contributed by atoms with E-state index in [-0.39, 0.29) is 12.0 Å². The minimum Gasteiger partial charge on any atom is -0.322 e. The maximum Gasteiger partial charge on any atom is 0.290 e. The van der Waals surface area contributed by atoms with E-state index >= 15 is 0 Å². The van der Waals surface area contributed by atoms with Gasteiger partial charge >= 0.3 is 0 Å². The van der Waals surface area contributed by atoms with Crippen LogP contribution in [0.15, 0.2) is 57.5 Å². The molecule has 2 aromatic rings. The maximum absolute atomic E-state index is 11.7. The molecule has 1 aliphatic carbocycles. The molecule has 0 atom stereocenters. The lowest BCUT2D eigenvalue weighted by Gasteiger charge is -2.14. The number of aromatic nitrogens is 1. The maximum atomic E-state index is 11.7. The third-order valence-corrected chi connectivity index (χ3v) is 4.48. The summed E-state index contributed by atoms with van der Waals surface area (Å²) in [5.74, 6) is -0.728. The number of aromatic amines is 1. The Kier molecular flexibility index (Phi) is 4.76. The highest BCUT2D eigenvalue weighted by Crippen LogP contribution is 2.34. The molecule has 0 unspecified atom stereocenters. The van der Waals surface area contributed by atoms with Gasteiger partial charge in [-0.15, -0.1) is 4.91 Å². The fourth-order valence-corrected chi connectivity index (χ4v) is 3.13. The molecular formula is C19H15ClN2O3. The summed E-state index contributed by atoms with van der Waals surface area (Å²) >= 11 is 5.98. The predicted octanol–water partition coefficient (Wildman–Crippen LogP) is 4.12. The first-order valence-corrected chi connectivity index (χ1v) is 8.10. The normalized spacial score (nSPS) is 13.8. The van der Waals surface area contributed by atoms with Crippen LogP contribution in [-0.4, -0.2) is 10.9 Å². The summed E-state index contributed by atoms with van der Waals surface area (Å²) in [5, 5.41) is 3.14. The Morgan fingerprint density at radius 1 is 1.20 bits per heavy atom. The Hall–Kier alpha value is -2.79. The molecule has 25 heavy (non-hydrogen) atoms. The molecular weight excluding hydrogens is 340 g/mol. The summed E-state index contributed by atoms with van der Waals surface area (Å²) in [6.07, 6.45) is 2.26. The monoisotopic (exact) mass is 354 g/mol. The average molecular weight is 355 g/mol. The van der Waals surface area contributed by atoms with Gasteiger partial charge < -0.3 is 4.98 Å². The number of allylic oxidation sites excluding steroid dienone is 2. The number of benzene rings is 1. The number of carbonyl (C=O) groups is 1. The summed E-state index contributed by atoms with van der Waals surface area (Å²) in [5.41, 5.74) is 4.82. The molecule has 1 N–H and O–H groups in total. The fraction of sp³-hybridized carbons (Fsp3) is 0.158. The number of rotatable bonds is 3. The first-order valence-electron chi connectivity index (χ1n) is 7.73. The van der Waals surface area contributed by atoms with E-state index in [1.807, 2.05) is 25.1 Å². The second-order valence-corrected chi connectivity index (χ2v) is 6.33. The number of hydrogen-bond acceptors (Lipinski definition) is 3. The van der Waals surface area contributed by atoms with Crippen LogP contribution in [0.4, 0.5) is 0 Å². The number of fused-ring (bicyclic) bond motifs is 1. The molecule has 1 aromatic carbocycles. The van der Waals surface area contributed by atoms with E-state index in [1.165, 1.54) is 6.07 Å². The van der Waals surface area contributed by atoms with E-state index < -0.39 is 5.91 Å². The van der Waals surface area contributed by atoms with E-state index in [9.17, 15) is 14.5 Å². The van der Waals surface area contributed by atoms with Gasteiger partial charge in [-0.3, -0.25) is 9.59 Å². The van der Waals surface area contributed by atoms with Crippen LogP contribution in [0, 0.1) is 4.91 Å². The van der Waals surface area contributed by atoms with E-state index in [2.05, 4.69) is 10.2 Å². The second kappa shape index (κ2) is 6.99. The van der Waals surface area contributed by atoms with Gasteiger partial charge in [0.25, 0.3) is 5.91 Å². The summed E-state index contributed by atoms with van der Waals surface area (Å²) < 4.78 is 0. The molecule has 5 nitrogen and oxygen atoms in total. The lowest BCUT2D eigenvalue weighted by molar-refractivity contribution is -0.117. The fourth-order valence-electron chi connectivity index (χ4n) is 3.00. The number of pyridine rings is 1. The van der Waals surface area contributed by atoms with Crippen LogP contribution in [0.5, 0.6) is 0 Å². The first-order chi connectivity index (χ1) is 12.0. The SMILES string of the molecule is CC1=Cc2[nH]c(=O)ccc2CC(c2ccc(Cl)cc2)=C1CC(=O)N=O. The second-order valence-electron chi connectivity index (χ2n) is 5.89. The van der Waals surface area contributed by atoms with Crippen molar-refractivity contribution < 1.29 is 4.79 Å². The number of hydrogen-bond donors (Lipinski definition) is 1. The van der Waals surface area contributed by atoms with Gasteiger partial charge in [0.15, 0.2) is 0 Å². The van der Waals surface area contributed by atoms with Gasteiger partial charge in [0.05, 0.1) is 6.42 Å². The van der Waals surface area contributed by atoms with Crippen LogP contribution < -0.4 is 5.56 Å². The summed E-state index contributed by atoms with van der Waals surface area (Å²) in [7, 11) is 0. The Morgan fingerprint density at radius 2 is 1.92 bits per heavy atom. The highest BCUT2D eigenvalue weighted by molar-refractivity contribution is 6.30. The molecule has 0 radical (unpaired) electrons. The number of nitrogens with zero attached hydrogens (tertiary/aromatic N) is 1. The van der Waals surface area contributed by atoms with Crippen molar-refractivity contribution in [2.45, 2.75) is 19.8 Å². The predicted molar refractivity (Wildman–Crippen MR) is 98.2 cm³/mol. The summed E-state index contributed by atoms with van der Waals surface area (Å²) in [4.78, 5) is 36.7. The first kappa shape index (κ1) is 17.0. The molecule has 0 saturated heterocycles. The zero-order valence-electron chi connectivity index (χ0n) is 13.5. The number of nitroso groups, excluding NO2 is 1. The quantitative estimate of drug-likeness (QED) is 0.842. The van der Waals surface area contributed by atoms with Crippen molar-refractivity contribution in [2.24, 2.45) is 5.18 Å². The molecule has 126 valence electrons. The number of H-pyrrole nitrogens is 1. The van der Waals surface area contributed by atoms with Crippen molar-refractivity contribution in [1.82, 2.24) is 4.98 Å². The van der Waals surface area contributed by atoms with Gasteiger partial charge in [-0.2, -0.15) is 0 Å². The Balaban J connectivity index is 2.20. The zero-order valence-corrected chi connectivity index (χ0v) is 14.3. The third-order valence-electron chi connectivity index (χ3n) is 4.23. The molecule has 0 aliphatic heterocycles. The van der Waals surface area contributed by atoms with Crippen LogP contribution in [0.2, 0.25) is 5.02 Å². The van der Waals surface area contributed by atoms with Crippen LogP contribution in [0.3, 0.4) is 0 Å². The highest BCUT2D eigenvalue weighted by atomic mass is 35.5. The van der Waals surface area contributed by atoms with E-state index in [1.54, 1.807) is 18.2 Å². The minimum absolute atomic E-state index is 0.0813. The number of halogens is 1. The van der Waals surface area contributed by atoms with E-state index in [4.69, 9.17) is 11.6 Å². The number of amides is 1. The Morgan fingerprint density at radius 3 is 2.60 bits per heavy atom. The standard InChI is InChI=1S/C19H15ClN2O3/c1-11-8-17-13(4-7-18(23)21-17)9-16(15(11)10-19(24)22-25)12-2-5-14(20)6-3-12/h2-8H,9-10H2,1H3,(H,21,23). The Bertz CT molecular complexity index is 969. The number of carbonyl (C=O) groups excluding carboxylic acids is 1. The lowest BCUT2D eigenvalue weighted by Crippen LogP contribution is -2.07. The molecule has 0 bridgehead atoms. The van der Waals surface area contributed by atoms with Crippen molar-refractivity contribution in [3.63, 3.8) is 0 Å². The van der Waals surface area contributed by atoms with Crippen molar-refractivity contribution in [3.8, 4) is 0 Å². The topological polar surface area (TPSA) is 79.4 Å². The van der Waals surface area contributed by atoms with E-state index in [0.29, 0.717) is 17.1 Å². The highest BCUT2D eigenvalue weighted by Gasteiger charge is 2.20. The van der Waals surface area contributed by atoms with Crippen LogP contribution in [0.25, 0.3) is 11.6 Å². The smallest absolute Gasteiger partial charge is 0.290 e. The molecule has 1 heterocycles. The van der Waals surface area contributed by atoms with Gasteiger partial charge in [-0.05, 0) is 53.0 Å². The van der Waals surface area contributed by atoms with Gasteiger partial charge in [-0.25, -0.2) is 0 Å². The van der Waals surface area contributed by atoms with E-state index in [0.717, 1.165) is 27.8 Å². The molecule has 0 saturated carbocycles. The third kappa shape index (κ3) is 3.67. The van der Waals surface area contributed by atoms with Crippen LogP contribution in [-0.2, 0) is 11.2 Å². The molecule has 1 amide bonds. The largest absolute Gasteiger partial charge is 0.322 e.